The van der Waals surface area contributed by atoms with E-state index in [9.17, 15) is 10.5 Å². The van der Waals surface area contributed by atoms with E-state index in [4.69, 9.17) is 0 Å². The largest absolute Gasteiger partial charge is 0.364 e. The maximum Gasteiger partial charge on any atom is 0.111 e. The van der Waals surface area contributed by atoms with E-state index < -0.39 is 0 Å². The van der Waals surface area contributed by atoms with Crippen molar-refractivity contribution < 1.29 is 0 Å². The van der Waals surface area contributed by atoms with Crippen LogP contribution in [0.5, 0.6) is 0 Å². The number of nitrogens with zero attached hydrogens (tertiary/aromatic N) is 4. The summed E-state index contributed by atoms with van der Waals surface area (Å²) in [6.07, 6.45) is 2.10. The summed E-state index contributed by atoms with van der Waals surface area (Å²) < 4.78 is 0.0279. The van der Waals surface area contributed by atoms with E-state index in [1.807, 2.05) is 46.0 Å². The van der Waals surface area contributed by atoms with E-state index in [1.54, 1.807) is 11.8 Å². The standard InChI is InChI=1S/C25H28N4S2/c1-25(2,3)31-20-12-15-11-16(13-26)19(14-27)21(15)22-17(23(20)30-8)9-10-18(22)24(28(4)5)29(6)7/h9-12H,1-8H3. The molecule has 31 heavy (non-hydrogen) atoms. The molecule has 6 heteroatoms. The van der Waals surface area contributed by atoms with E-state index in [0.29, 0.717) is 11.1 Å². The average molecular weight is 449 g/mol. The number of hydrogen-bond acceptors (Lipinski definition) is 6. The average Bonchev–Trinajstić information content (AvgIpc) is 3.18. The molecule has 0 aliphatic carbocycles. The van der Waals surface area contributed by atoms with E-state index in [-0.39, 0.29) is 4.75 Å². The second-order valence-corrected chi connectivity index (χ2v) is 11.6. The summed E-state index contributed by atoms with van der Waals surface area (Å²) in [5, 5.41) is 24.8. The first-order chi connectivity index (χ1) is 14.5. The lowest BCUT2D eigenvalue weighted by molar-refractivity contribution is 0.431. The van der Waals surface area contributed by atoms with Crippen LogP contribution in [-0.2, 0) is 0 Å². The molecule has 0 N–H and O–H groups in total. The lowest BCUT2D eigenvalue weighted by Crippen LogP contribution is -2.29. The van der Waals surface area contributed by atoms with Crippen molar-refractivity contribution in [1.82, 2.24) is 9.80 Å². The highest BCUT2D eigenvalue weighted by Crippen LogP contribution is 2.43. The van der Waals surface area contributed by atoms with Gasteiger partial charge in [0.15, 0.2) is 0 Å². The van der Waals surface area contributed by atoms with Gasteiger partial charge < -0.3 is 9.80 Å². The summed E-state index contributed by atoms with van der Waals surface area (Å²) in [6, 6.07) is 12.9. The topological polar surface area (TPSA) is 54.1 Å². The lowest BCUT2D eigenvalue weighted by Gasteiger charge is -2.24. The van der Waals surface area contributed by atoms with Crippen molar-refractivity contribution in [3.05, 3.63) is 40.6 Å². The molecule has 4 nitrogen and oxygen atoms in total. The second kappa shape index (κ2) is 8.54. The van der Waals surface area contributed by atoms with E-state index in [1.165, 1.54) is 9.79 Å². The van der Waals surface area contributed by atoms with Crippen LogP contribution in [-0.4, -0.2) is 49.0 Å². The van der Waals surface area contributed by atoms with E-state index >= 15 is 0 Å². The van der Waals surface area contributed by atoms with Crippen LogP contribution >= 0.6 is 23.5 Å². The smallest absolute Gasteiger partial charge is 0.111 e. The van der Waals surface area contributed by atoms with Crippen LogP contribution in [0.2, 0.25) is 0 Å². The molecule has 0 heterocycles. The van der Waals surface area contributed by atoms with Crippen molar-refractivity contribution in [3.8, 4) is 12.1 Å². The molecule has 0 fully saturated rings. The predicted molar refractivity (Wildman–Crippen MR) is 134 cm³/mol. The Labute approximate surface area is 193 Å². The van der Waals surface area contributed by atoms with Gasteiger partial charge in [0.1, 0.15) is 18.0 Å². The van der Waals surface area contributed by atoms with Crippen LogP contribution < -0.4 is 5.22 Å². The molecule has 0 amide bonds. The number of thioether (sulfide) groups is 2. The summed E-state index contributed by atoms with van der Waals surface area (Å²) in [7, 11) is 8.12. The SMILES string of the molecule is CSc1c(SC(C)(C)C)cc2cc(C#N)c(C#N)c2c2c(=C(N(C)C)N(C)C)ccc12. The van der Waals surface area contributed by atoms with Gasteiger partial charge in [-0.1, -0.05) is 32.9 Å². The predicted octanol–water partition coefficient (Wildman–Crippen LogP) is 5.26. The van der Waals surface area contributed by atoms with Crippen molar-refractivity contribution in [2.24, 2.45) is 0 Å². The van der Waals surface area contributed by atoms with Crippen molar-refractivity contribution in [3.63, 3.8) is 0 Å². The maximum atomic E-state index is 10.0. The third-order valence-corrected chi connectivity index (χ3v) is 7.14. The Morgan fingerprint density at radius 2 is 1.58 bits per heavy atom. The molecule has 0 aliphatic rings. The van der Waals surface area contributed by atoms with E-state index in [2.05, 4.69) is 67.2 Å². The maximum absolute atomic E-state index is 10.0. The summed E-state index contributed by atoms with van der Waals surface area (Å²) >= 11 is 3.55. The van der Waals surface area contributed by atoms with Crippen molar-refractivity contribution in [2.75, 3.05) is 34.4 Å². The van der Waals surface area contributed by atoms with Gasteiger partial charge in [-0.25, -0.2) is 0 Å². The van der Waals surface area contributed by atoms with Gasteiger partial charge >= 0.3 is 0 Å². The number of rotatable bonds is 4. The van der Waals surface area contributed by atoms with Crippen molar-refractivity contribution in [1.29, 1.82) is 10.5 Å². The minimum atomic E-state index is 0.0279. The number of hydrogen-bond donors (Lipinski definition) is 0. The highest BCUT2D eigenvalue weighted by Gasteiger charge is 2.22. The fourth-order valence-electron chi connectivity index (χ4n) is 4.13. The third kappa shape index (κ3) is 4.15. The van der Waals surface area contributed by atoms with Crippen LogP contribution in [0.4, 0.5) is 0 Å². The van der Waals surface area contributed by atoms with Gasteiger partial charge in [0.25, 0.3) is 0 Å². The van der Waals surface area contributed by atoms with Gasteiger partial charge in [-0.05, 0) is 29.2 Å². The second-order valence-electron chi connectivity index (χ2n) is 8.89. The molecule has 0 saturated heterocycles. The molecule has 0 spiro atoms. The summed E-state index contributed by atoms with van der Waals surface area (Å²) in [5.74, 6) is 1.06. The quantitative estimate of drug-likeness (QED) is 0.508. The molecule has 0 aliphatic heterocycles. The van der Waals surface area contributed by atoms with Crippen molar-refractivity contribution in [2.45, 2.75) is 35.3 Å². The molecule has 3 rings (SSSR count). The summed E-state index contributed by atoms with van der Waals surface area (Å²) in [6.45, 7) is 6.61. The zero-order valence-corrected chi connectivity index (χ0v) is 21.0. The zero-order chi connectivity index (χ0) is 23.1. The van der Waals surface area contributed by atoms with Crippen LogP contribution in [0.15, 0.2) is 34.1 Å². The molecule has 0 radical (unpaired) electrons. The van der Waals surface area contributed by atoms with Gasteiger partial charge in [-0.3, -0.25) is 0 Å². The molecule has 0 aromatic heterocycles. The van der Waals surface area contributed by atoms with Gasteiger partial charge in [-0.15, -0.1) is 23.5 Å². The first-order valence-electron chi connectivity index (χ1n) is 10.0. The minimum Gasteiger partial charge on any atom is -0.364 e. The van der Waals surface area contributed by atoms with Crippen LogP contribution in [0.25, 0.3) is 27.4 Å². The molecule has 3 aromatic carbocycles. The Hall–Kier alpha value is -2.54. The van der Waals surface area contributed by atoms with Crippen LogP contribution in [0.3, 0.4) is 0 Å². The van der Waals surface area contributed by atoms with Crippen molar-refractivity contribution >= 4 is 50.9 Å². The molecule has 0 unspecified atom stereocenters. The summed E-state index contributed by atoms with van der Waals surface area (Å²) in [5.41, 5.74) is 0.896. The molecule has 160 valence electrons. The molecule has 0 saturated carbocycles. The Balaban J connectivity index is 2.74. The van der Waals surface area contributed by atoms with Gasteiger partial charge in [0, 0.05) is 58.7 Å². The highest BCUT2D eigenvalue weighted by molar-refractivity contribution is 8.02. The Kier molecular flexibility index (Phi) is 6.37. The fraction of sp³-hybridized carbons (Fsp3) is 0.360. The van der Waals surface area contributed by atoms with E-state index in [0.717, 1.165) is 32.6 Å². The molecule has 0 atom stereocenters. The first kappa shape index (κ1) is 23.1. The Morgan fingerprint density at radius 1 is 0.935 bits per heavy atom. The zero-order valence-electron chi connectivity index (χ0n) is 19.4. The highest BCUT2D eigenvalue weighted by atomic mass is 32.2. The Morgan fingerprint density at radius 3 is 2.06 bits per heavy atom. The van der Waals surface area contributed by atoms with Crippen LogP contribution in [0, 0.1) is 22.7 Å². The first-order valence-corrected chi connectivity index (χ1v) is 12.1. The molecule has 3 aromatic rings. The van der Waals surface area contributed by atoms with Gasteiger partial charge in [0.2, 0.25) is 0 Å². The normalized spacial score (nSPS) is 11.4. The monoisotopic (exact) mass is 448 g/mol. The summed E-state index contributed by atoms with van der Waals surface area (Å²) in [4.78, 5) is 6.57. The lowest BCUT2D eigenvalue weighted by atomic mass is 10.1. The van der Waals surface area contributed by atoms with Gasteiger partial charge in [0.05, 0.1) is 11.1 Å². The van der Waals surface area contributed by atoms with Crippen LogP contribution in [0.1, 0.15) is 31.9 Å². The fourth-order valence-corrected chi connectivity index (χ4v) is 6.20. The van der Waals surface area contributed by atoms with Gasteiger partial charge in [-0.2, -0.15) is 10.5 Å². The number of nitriles is 2. The number of fused-ring (bicyclic) bond motifs is 3. The minimum absolute atomic E-state index is 0.0279. The Bertz CT molecular complexity index is 1290. The molecule has 0 bridgehead atoms. The molecular weight excluding hydrogens is 420 g/mol. The third-order valence-electron chi connectivity index (χ3n) is 5.01. The molecular formula is C25H28N4S2.